The summed E-state index contributed by atoms with van der Waals surface area (Å²) in [4.78, 5) is 0. The first-order chi connectivity index (χ1) is 8.86. The molecule has 0 spiro atoms. The molecule has 1 aliphatic rings. The minimum absolute atomic E-state index is 0.0210. The summed E-state index contributed by atoms with van der Waals surface area (Å²) in [7, 11) is 0. The van der Waals surface area contributed by atoms with E-state index in [2.05, 4.69) is 31.5 Å². The fourth-order valence-corrected chi connectivity index (χ4v) is 2.97. The molecule has 0 fully saturated rings. The molecule has 1 aromatic heterocycles. The van der Waals surface area contributed by atoms with E-state index in [9.17, 15) is 0 Å². The summed E-state index contributed by atoms with van der Waals surface area (Å²) in [6, 6.07) is 6.06. The molecule has 0 atom stereocenters. The second-order valence-corrected chi connectivity index (χ2v) is 5.10. The Balaban J connectivity index is 1.74. The fraction of sp³-hybridized carbons (Fsp3) is 0.250. The molecule has 2 heterocycles. The molecule has 18 heavy (non-hydrogen) atoms. The third-order valence-electron chi connectivity index (χ3n) is 2.78. The van der Waals surface area contributed by atoms with E-state index >= 15 is 0 Å². The minimum atomic E-state index is 0.0210. The van der Waals surface area contributed by atoms with Crippen molar-refractivity contribution in [2.75, 3.05) is 5.32 Å². The van der Waals surface area contributed by atoms with Gasteiger partial charge in [-0.25, -0.2) is 0 Å². The third-order valence-corrected chi connectivity index (χ3v) is 3.92. The first-order valence-corrected chi connectivity index (χ1v) is 7.36. The quantitative estimate of drug-likeness (QED) is 0.754. The summed E-state index contributed by atoms with van der Waals surface area (Å²) in [6.07, 6.45) is 3.95. The van der Waals surface area contributed by atoms with Crippen molar-refractivity contribution in [3.05, 3.63) is 36.2 Å². The predicted octanol–water partition coefficient (Wildman–Crippen LogP) is 2.86. The van der Waals surface area contributed by atoms with E-state index in [0.717, 1.165) is 30.2 Å². The second kappa shape index (κ2) is 4.92. The van der Waals surface area contributed by atoms with E-state index in [-0.39, 0.29) is 14.6 Å². The zero-order valence-corrected chi connectivity index (χ0v) is 11.7. The van der Waals surface area contributed by atoms with Crippen molar-refractivity contribution in [2.45, 2.75) is 20.0 Å². The van der Waals surface area contributed by atoms with Gasteiger partial charge in [-0.1, -0.05) is 0 Å². The Labute approximate surface area is 111 Å². The summed E-state index contributed by atoms with van der Waals surface area (Å²) in [5.41, 5.74) is 4.24. The van der Waals surface area contributed by atoms with Crippen LogP contribution >= 0.6 is 0 Å². The Kier molecular flexibility index (Phi) is 3.13. The SMILES string of the molecule is CCn1cc(CNc2cccc3c2N=[Se]=N3)cn1. The van der Waals surface area contributed by atoms with E-state index < -0.39 is 0 Å². The summed E-state index contributed by atoms with van der Waals surface area (Å²) in [5.74, 6) is 0. The molecule has 0 aliphatic carbocycles. The van der Waals surface area contributed by atoms with Gasteiger partial charge in [0, 0.05) is 0 Å². The Morgan fingerprint density at radius 3 is 3.11 bits per heavy atom. The van der Waals surface area contributed by atoms with Crippen LogP contribution in [0.2, 0.25) is 0 Å². The normalized spacial score (nSPS) is 12.3. The van der Waals surface area contributed by atoms with Crippen LogP contribution in [-0.4, -0.2) is 24.3 Å². The van der Waals surface area contributed by atoms with Gasteiger partial charge in [0.25, 0.3) is 0 Å². The molecule has 0 bridgehead atoms. The molecule has 5 nitrogen and oxygen atoms in total. The van der Waals surface area contributed by atoms with E-state index in [1.54, 1.807) is 0 Å². The Hall–Kier alpha value is -1.65. The number of aryl methyl sites for hydroxylation is 1. The fourth-order valence-electron chi connectivity index (χ4n) is 1.82. The van der Waals surface area contributed by atoms with Crippen LogP contribution in [0.4, 0.5) is 17.1 Å². The molecule has 0 unspecified atom stereocenters. The average Bonchev–Trinajstić information content (AvgIpc) is 3.05. The zero-order valence-electron chi connectivity index (χ0n) is 10.00. The van der Waals surface area contributed by atoms with Crippen molar-refractivity contribution in [2.24, 2.45) is 7.92 Å². The first-order valence-electron chi connectivity index (χ1n) is 5.83. The standard InChI is InChI=1S/C12H13N5Se/c1-2-17-8-9(7-14-17)6-13-10-4-3-5-11-12(10)16-18-15-11/h3-5,7-8,13H,2,6H2,1H3. The van der Waals surface area contributed by atoms with Crippen molar-refractivity contribution < 1.29 is 0 Å². The molecule has 0 saturated heterocycles. The number of hydrogen-bond acceptors (Lipinski definition) is 4. The molecule has 1 N–H and O–H groups in total. The van der Waals surface area contributed by atoms with Gasteiger partial charge in [0.15, 0.2) is 0 Å². The van der Waals surface area contributed by atoms with Crippen molar-refractivity contribution in [1.82, 2.24) is 9.78 Å². The van der Waals surface area contributed by atoms with Crippen LogP contribution < -0.4 is 5.32 Å². The molecule has 1 aliphatic heterocycles. The molecular formula is C12H13N5Se. The van der Waals surface area contributed by atoms with Crippen molar-refractivity contribution in [1.29, 1.82) is 0 Å². The van der Waals surface area contributed by atoms with Gasteiger partial charge < -0.3 is 0 Å². The van der Waals surface area contributed by atoms with E-state index in [1.165, 1.54) is 5.56 Å². The topological polar surface area (TPSA) is 54.6 Å². The number of nitrogens with zero attached hydrogens (tertiary/aromatic N) is 4. The van der Waals surface area contributed by atoms with Crippen LogP contribution in [0.3, 0.4) is 0 Å². The number of rotatable bonds is 4. The number of aromatic nitrogens is 2. The van der Waals surface area contributed by atoms with E-state index in [1.807, 2.05) is 29.1 Å². The zero-order chi connectivity index (χ0) is 12.4. The molecule has 1 aromatic carbocycles. The number of nitrogens with one attached hydrogen (secondary N) is 1. The Bertz CT molecular complexity index is 640. The van der Waals surface area contributed by atoms with Crippen molar-refractivity contribution in [3.8, 4) is 0 Å². The molecule has 0 amide bonds. The van der Waals surface area contributed by atoms with Gasteiger partial charge in [-0.2, -0.15) is 0 Å². The molecule has 6 heteroatoms. The molecule has 3 rings (SSSR count). The monoisotopic (exact) mass is 307 g/mol. The number of hydrogen-bond donors (Lipinski definition) is 1. The summed E-state index contributed by atoms with van der Waals surface area (Å²) in [5, 5.41) is 7.66. The Morgan fingerprint density at radius 2 is 2.28 bits per heavy atom. The van der Waals surface area contributed by atoms with Gasteiger partial charge in [0.05, 0.1) is 0 Å². The summed E-state index contributed by atoms with van der Waals surface area (Å²) >= 11 is 0.0210. The van der Waals surface area contributed by atoms with Crippen molar-refractivity contribution in [3.63, 3.8) is 0 Å². The van der Waals surface area contributed by atoms with E-state index in [0.29, 0.717) is 0 Å². The number of benzene rings is 1. The van der Waals surface area contributed by atoms with Crippen LogP contribution in [0.5, 0.6) is 0 Å². The van der Waals surface area contributed by atoms with Crippen LogP contribution in [0, 0.1) is 0 Å². The molecule has 2 aromatic rings. The molecule has 92 valence electrons. The molecule has 0 saturated carbocycles. The van der Waals surface area contributed by atoms with Gasteiger partial charge in [0.2, 0.25) is 0 Å². The third kappa shape index (κ3) is 2.17. The summed E-state index contributed by atoms with van der Waals surface area (Å²) in [6.45, 7) is 3.74. The van der Waals surface area contributed by atoms with Gasteiger partial charge in [-0.3, -0.25) is 0 Å². The van der Waals surface area contributed by atoms with Gasteiger partial charge in [0.1, 0.15) is 0 Å². The molecule has 0 radical (unpaired) electrons. The summed E-state index contributed by atoms with van der Waals surface area (Å²) < 4.78 is 10.7. The maximum absolute atomic E-state index is 4.45. The van der Waals surface area contributed by atoms with Crippen molar-refractivity contribution >= 4 is 31.6 Å². The van der Waals surface area contributed by atoms with Crippen LogP contribution in [0.25, 0.3) is 0 Å². The predicted molar refractivity (Wildman–Crippen MR) is 71.6 cm³/mol. The molecular weight excluding hydrogens is 293 g/mol. The Morgan fingerprint density at radius 1 is 1.33 bits per heavy atom. The van der Waals surface area contributed by atoms with Gasteiger partial charge in [-0.15, -0.1) is 0 Å². The van der Waals surface area contributed by atoms with Gasteiger partial charge in [-0.05, 0) is 0 Å². The average molecular weight is 306 g/mol. The second-order valence-electron chi connectivity index (χ2n) is 4.00. The van der Waals surface area contributed by atoms with E-state index in [4.69, 9.17) is 0 Å². The van der Waals surface area contributed by atoms with Crippen LogP contribution in [0.15, 0.2) is 38.5 Å². The van der Waals surface area contributed by atoms with Crippen LogP contribution in [0.1, 0.15) is 12.5 Å². The maximum atomic E-state index is 4.45. The number of anilines is 1. The first kappa shape index (κ1) is 11.4. The van der Waals surface area contributed by atoms with Gasteiger partial charge >= 0.3 is 111 Å². The van der Waals surface area contributed by atoms with Crippen LogP contribution in [-0.2, 0) is 13.1 Å². The number of fused-ring (bicyclic) bond motifs is 1.